The van der Waals surface area contributed by atoms with Crippen molar-refractivity contribution in [2.75, 3.05) is 17.6 Å². The molecule has 1 aromatic rings. The first-order chi connectivity index (χ1) is 11.3. The van der Waals surface area contributed by atoms with Gasteiger partial charge in [0.25, 0.3) is 0 Å². The average Bonchev–Trinajstić information content (AvgIpc) is 2.53. The third kappa shape index (κ3) is 6.59. The minimum Gasteiger partial charge on any atom is -0.320 e. The number of sulfonamides is 1. The van der Waals surface area contributed by atoms with Crippen LogP contribution in [0.3, 0.4) is 0 Å². The lowest BCUT2D eigenvalue weighted by Gasteiger charge is -2.09. The number of benzene rings is 1. The molecule has 0 saturated carbocycles. The Hall–Kier alpha value is -2.06. The molecule has 0 fully saturated rings. The summed E-state index contributed by atoms with van der Waals surface area (Å²) in [4.78, 5) is 11.7. The quantitative estimate of drug-likeness (QED) is 0.702. The molecule has 0 atom stereocenters. The number of amides is 1. The SMILES string of the molecule is C/C=C(\C=C/CC)CS(=O)(=O)NCC(=O)Nc1c(F)cccc1F. The zero-order chi connectivity index (χ0) is 18.2. The van der Waals surface area contributed by atoms with E-state index in [2.05, 4.69) is 4.72 Å². The molecule has 2 N–H and O–H groups in total. The van der Waals surface area contributed by atoms with Gasteiger partial charge in [-0.15, -0.1) is 0 Å². The monoisotopic (exact) mass is 358 g/mol. The van der Waals surface area contributed by atoms with Crippen LogP contribution < -0.4 is 10.0 Å². The molecule has 0 unspecified atom stereocenters. The third-order valence-corrected chi connectivity index (χ3v) is 4.27. The summed E-state index contributed by atoms with van der Waals surface area (Å²) in [5.41, 5.74) is -0.0355. The average molecular weight is 358 g/mol. The number of hydrogen-bond donors (Lipinski definition) is 2. The minimum atomic E-state index is -3.75. The summed E-state index contributed by atoms with van der Waals surface area (Å²) in [6.07, 6.45) is 5.92. The lowest BCUT2D eigenvalue weighted by molar-refractivity contribution is -0.115. The minimum absolute atomic E-state index is 0.290. The molecule has 0 heterocycles. The van der Waals surface area contributed by atoms with Crippen LogP contribution in [-0.4, -0.2) is 26.6 Å². The van der Waals surface area contributed by atoms with Crippen molar-refractivity contribution in [3.05, 3.63) is 53.6 Å². The molecule has 0 aliphatic carbocycles. The Morgan fingerprint density at radius 1 is 1.25 bits per heavy atom. The fourth-order valence-corrected chi connectivity index (χ4v) is 2.90. The van der Waals surface area contributed by atoms with Gasteiger partial charge in [-0.25, -0.2) is 21.9 Å². The number of carbonyl (C=O) groups excluding carboxylic acids is 1. The second-order valence-corrected chi connectivity index (χ2v) is 6.71. The van der Waals surface area contributed by atoms with Crippen LogP contribution in [0.2, 0.25) is 0 Å². The highest BCUT2D eigenvalue weighted by Gasteiger charge is 2.16. The number of rotatable bonds is 8. The van der Waals surface area contributed by atoms with E-state index < -0.39 is 39.8 Å². The Bertz CT molecular complexity index is 723. The molecule has 0 saturated heterocycles. The molecule has 0 aliphatic heterocycles. The summed E-state index contributed by atoms with van der Waals surface area (Å²) in [5.74, 6) is -3.03. The van der Waals surface area contributed by atoms with Gasteiger partial charge in [-0.05, 0) is 31.1 Å². The molecule has 1 rings (SSSR count). The summed E-state index contributed by atoms with van der Waals surface area (Å²) >= 11 is 0. The molecule has 0 aliphatic rings. The van der Waals surface area contributed by atoms with Crippen molar-refractivity contribution in [1.29, 1.82) is 0 Å². The Morgan fingerprint density at radius 3 is 2.42 bits per heavy atom. The van der Waals surface area contributed by atoms with Crippen molar-refractivity contribution in [1.82, 2.24) is 4.72 Å². The maximum atomic E-state index is 13.4. The van der Waals surface area contributed by atoms with Crippen LogP contribution in [0.1, 0.15) is 20.3 Å². The summed E-state index contributed by atoms with van der Waals surface area (Å²) in [6.45, 7) is 3.01. The standard InChI is InChI=1S/C16H20F2N2O3S/c1-3-5-7-12(4-2)11-24(22,23)19-10-15(21)20-16-13(17)8-6-9-14(16)18/h4-9,19H,3,10-11H2,1-2H3,(H,20,21)/b7-5-,12-4+. The van der Waals surface area contributed by atoms with Crippen molar-refractivity contribution in [2.45, 2.75) is 20.3 Å². The number of para-hydroxylation sites is 1. The summed E-state index contributed by atoms with van der Waals surface area (Å²) in [6, 6.07) is 3.13. The van der Waals surface area contributed by atoms with Gasteiger partial charge in [-0.1, -0.05) is 31.2 Å². The van der Waals surface area contributed by atoms with Gasteiger partial charge >= 0.3 is 0 Å². The maximum absolute atomic E-state index is 13.4. The summed E-state index contributed by atoms with van der Waals surface area (Å²) in [7, 11) is -3.75. The van der Waals surface area contributed by atoms with Gasteiger partial charge in [0.05, 0.1) is 12.3 Å². The van der Waals surface area contributed by atoms with E-state index in [1.807, 2.05) is 18.3 Å². The highest BCUT2D eigenvalue weighted by molar-refractivity contribution is 7.89. The van der Waals surface area contributed by atoms with Crippen LogP contribution in [0.4, 0.5) is 14.5 Å². The lowest BCUT2D eigenvalue weighted by Crippen LogP contribution is -2.35. The van der Waals surface area contributed by atoms with E-state index in [1.165, 1.54) is 0 Å². The third-order valence-electron chi connectivity index (χ3n) is 2.97. The second-order valence-electron chi connectivity index (χ2n) is 4.90. The van der Waals surface area contributed by atoms with Crippen LogP contribution in [0, 0.1) is 11.6 Å². The Kier molecular flexibility index (Phi) is 7.73. The molecular formula is C16H20F2N2O3S. The van der Waals surface area contributed by atoms with Crippen molar-refractivity contribution >= 4 is 21.6 Å². The van der Waals surface area contributed by atoms with E-state index in [-0.39, 0.29) is 5.75 Å². The van der Waals surface area contributed by atoms with Crippen LogP contribution in [0.25, 0.3) is 0 Å². The van der Waals surface area contributed by atoms with Crippen molar-refractivity contribution in [3.8, 4) is 0 Å². The Balaban J connectivity index is 2.64. The van der Waals surface area contributed by atoms with E-state index >= 15 is 0 Å². The number of nitrogens with one attached hydrogen (secondary N) is 2. The van der Waals surface area contributed by atoms with E-state index in [9.17, 15) is 22.0 Å². The van der Waals surface area contributed by atoms with Gasteiger partial charge < -0.3 is 5.32 Å². The molecule has 8 heteroatoms. The van der Waals surface area contributed by atoms with Crippen molar-refractivity contribution in [2.24, 2.45) is 0 Å². The molecule has 1 amide bonds. The van der Waals surface area contributed by atoms with Crippen LogP contribution in [0.15, 0.2) is 42.0 Å². The van der Waals surface area contributed by atoms with Gasteiger partial charge in [0, 0.05) is 0 Å². The second kappa shape index (κ2) is 9.29. The number of anilines is 1. The molecule has 132 valence electrons. The normalized spacial score (nSPS) is 12.6. The number of halogens is 2. The fourth-order valence-electron chi connectivity index (χ4n) is 1.74. The fraction of sp³-hybridized carbons (Fsp3) is 0.312. The first-order valence-electron chi connectivity index (χ1n) is 7.32. The smallest absolute Gasteiger partial charge is 0.239 e. The Labute approximate surface area is 140 Å². The number of allylic oxidation sites excluding steroid dienone is 3. The number of carbonyl (C=O) groups is 1. The molecule has 0 spiro atoms. The van der Waals surface area contributed by atoms with Gasteiger partial charge in [0.2, 0.25) is 15.9 Å². The predicted molar refractivity (Wildman–Crippen MR) is 90.0 cm³/mol. The topological polar surface area (TPSA) is 75.3 Å². The molecule has 5 nitrogen and oxygen atoms in total. The molecule has 1 aromatic carbocycles. The van der Waals surface area contributed by atoms with E-state index in [0.29, 0.717) is 5.57 Å². The summed E-state index contributed by atoms with van der Waals surface area (Å²) in [5, 5.41) is 2.01. The van der Waals surface area contributed by atoms with Gasteiger partial charge in [0.15, 0.2) is 0 Å². The zero-order valence-corrected chi connectivity index (χ0v) is 14.3. The van der Waals surface area contributed by atoms with E-state index in [1.54, 1.807) is 19.1 Å². The number of hydrogen-bond acceptors (Lipinski definition) is 3. The molecule has 0 aromatic heterocycles. The summed E-state index contributed by atoms with van der Waals surface area (Å²) < 4.78 is 52.8. The largest absolute Gasteiger partial charge is 0.320 e. The highest BCUT2D eigenvalue weighted by atomic mass is 32.2. The van der Waals surface area contributed by atoms with Crippen molar-refractivity contribution in [3.63, 3.8) is 0 Å². The van der Waals surface area contributed by atoms with Crippen LogP contribution in [-0.2, 0) is 14.8 Å². The maximum Gasteiger partial charge on any atom is 0.239 e. The predicted octanol–water partition coefficient (Wildman–Crippen LogP) is 2.74. The first-order valence-corrected chi connectivity index (χ1v) is 8.97. The van der Waals surface area contributed by atoms with Crippen molar-refractivity contribution < 1.29 is 22.0 Å². The van der Waals surface area contributed by atoms with E-state index in [4.69, 9.17) is 0 Å². The van der Waals surface area contributed by atoms with Gasteiger partial charge in [-0.2, -0.15) is 0 Å². The molecule has 0 bridgehead atoms. The molecule has 24 heavy (non-hydrogen) atoms. The zero-order valence-electron chi connectivity index (χ0n) is 13.5. The highest BCUT2D eigenvalue weighted by Crippen LogP contribution is 2.17. The van der Waals surface area contributed by atoms with Gasteiger partial charge in [-0.3, -0.25) is 4.79 Å². The Morgan fingerprint density at radius 2 is 1.88 bits per heavy atom. The first kappa shape index (κ1) is 20.0. The van der Waals surface area contributed by atoms with E-state index in [0.717, 1.165) is 24.6 Å². The molecule has 0 radical (unpaired) electrons. The lowest BCUT2D eigenvalue weighted by atomic mass is 10.2. The molecular weight excluding hydrogens is 338 g/mol. The van der Waals surface area contributed by atoms with Crippen LogP contribution >= 0.6 is 0 Å². The van der Waals surface area contributed by atoms with Gasteiger partial charge in [0.1, 0.15) is 17.3 Å². The van der Waals surface area contributed by atoms with Crippen LogP contribution in [0.5, 0.6) is 0 Å².